The first-order valence-corrected chi connectivity index (χ1v) is 7.22. The van der Waals surface area contributed by atoms with E-state index in [2.05, 4.69) is 17.3 Å². The molecular formula is C14H26N2O. The summed E-state index contributed by atoms with van der Waals surface area (Å²) in [5.74, 6) is 0.918. The molecule has 2 rings (SSSR count). The molecule has 0 aromatic rings. The Morgan fingerprint density at radius 1 is 1.12 bits per heavy atom. The largest absolute Gasteiger partial charge is 0.353 e. The summed E-state index contributed by atoms with van der Waals surface area (Å²) in [4.78, 5) is 14.3. The van der Waals surface area contributed by atoms with Crippen molar-refractivity contribution in [1.29, 1.82) is 0 Å². The summed E-state index contributed by atoms with van der Waals surface area (Å²) in [7, 11) is 2.16. The number of nitrogens with zero attached hydrogens (tertiary/aromatic N) is 1. The van der Waals surface area contributed by atoms with Gasteiger partial charge in [-0.05, 0) is 51.7 Å². The minimum absolute atomic E-state index is 0.298. The fraction of sp³-hybridized carbons (Fsp3) is 0.929. The minimum atomic E-state index is 0.298. The molecule has 1 saturated heterocycles. The van der Waals surface area contributed by atoms with Gasteiger partial charge in [-0.2, -0.15) is 0 Å². The second kappa shape index (κ2) is 6.39. The SMILES string of the molecule is CN1CCC(CC(=O)NC2CCCCC2)CC1. The van der Waals surface area contributed by atoms with Crippen molar-refractivity contribution in [2.24, 2.45) is 5.92 Å². The van der Waals surface area contributed by atoms with Crippen LogP contribution in [0.25, 0.3) is 0 Å². The van der Waals surface area contributed by atoms with Gasteiger partial charge in [0.25, 0.3) is 0 Å². The molecule has 0 spiro atoms. The summed E-state index contributed by atoms with van der Waals surface area (Å²) in [5, 5.41) is 3.22. The van der Waals surface area contributed by atoms with E-state index in [9.17, 15) is 4.79 Å². The van der Waals surface area contributed by atoms with Gasteiger partial charge in [-0.25, -0.2) is 0 Å². The van der Waals surface area contributed by atoms with E-state index in [0.29, 0.717) is 17.9 Å². The highest BCUT2D eigenvalue weighted by Crippen LogP contribution is 2.21. The molecule has 1 aliphatic heterocycles. The van der Waals surface area contributed by atoms with Gasteiger partial charge < -0.3 is 10.2 Å². The summed E-state index contributed by atoms with van der Waals surface area (Å²) >= 11 is 0. The Kier molecular flexibility index (Phi) is 4.84. The predicted octanol–water partition coefficient (Wildman–Crippen LogP) is 2.17. The first kappa shape index (κ1) is 12.9. The molecule has 3 heteroatoms. The third-order valence-electron chi connectivity index (χ3n) is 4.28. The highest BCUT2D eigenvalue weighted by Gasteiger charge is 2.21. The van der Waals surface area contributed by atoms with E-state index in [1.807, 2.05) is 0 Å². The van der Waals surface area contributed by atoms with Crippen LogP contribution in [0.4, 0.5) is 0 Å². The molecule has 2 fully saturated rings. The zero-order chi connectivity index (χ0) is 12.1. The van der Waals surface area contributed by atoms with E-state index >= 15 is 0 Å². The average molecular weight is 238 g/mol. The topological polar surface area (TPSA) is 32.3 Å². The number of carbonyl (C=O) groups excluding carboxylic acids is 1. The highest BCUT2D eigenvalue weighted by atomic mass is 16.1. The fourth-order valence-electron chi connectivity index (χ4n) is 3.06. The van der Waals surface area contributed by atoms with Crippen molar-refractivity contribution in [2.75, 3.05) is 20.1 Å². The molecule has 2 aliphatic rings. The van der Waals surface area contributed by atoms with Crippen LogP contribution in [0.3, 0.4) is 0 Å². The Morgan fingerprint density at radius 3 is 2.41 bits per heavy atom. The molecule has 1 aliphatic carbocycles. The number of rotatable bonds is 3. The monoisotopic (exact) mass is 238 g/mol. The van der Waals surface area contributed by atoms with Crippen molar-refractivity contribution >= 4 is 5.91 Å². The Bertz CT molecular complexity index is 241. The summed E-state index contributed by atoms with van der Waals surface area (Å²) in [5.41, 5.74) is 0. The fourth-order valence-corrected chi connectivity index (χ4v) is 3.06. The quantitative estimate of drug-likeness (QED) is 0.817. The number of hydrogen-bond acceptors (Lipinski definition) is 2. The van der Waals surface area contributed by atoms with Crippen molar-refractivity contribution in [3.05, 3.63) is 0 Å². The second-order valence-corrected chi connectivity index (χ2v) is 5.85. The zero-order valence-corrected chi connectivity index (χ0v) is 11.1. The van der Waals surface area contributed by atoms with Crippen LogP contribution in [0.15, 0.2) is 0 Å². The Balaban J connectivity index is 1.66. The van der Waals surface area contributed by atoms with Crippen LogP contribution in [-0.2, 0) is 4.79 Å². The predicted molar refractivity (Wildman–Crippen MR) is 69.9 cm³/mol. The van der Waals surface area contributed by atoms with E-state index in [0.717, 1.165) is 19.5 Å². The molecule has 0 radical (unpaired) electrons. The van der Waals surface area contributed by atoms with Crippen molar-refractivity contribution in [2.45, 2.75) is 57.4 Å². The zero-order valence-electron chi connectivity index (χ0n) is 11.1. The van der Waals surface area contributed by atoms with Crippen molar-refractivity contribution < 1.29 is 4.79 Å². The van der Waals surface area contributed by atoms with Crippen LogP contribution in [0.5, 0.6) is 0 Å². The van der Waals surface area contributed by atoms with Gasteiger partial charge in [0.2, 0.25) is 5.91 Å². The van der Waals surface area contributed by atoms with E-state index in [-0.39, 0.29) is 0 Å². The van der Waals surface area contributed by atoms with Gasteiger partial charge in [-0.3, -0.25) is 4.79 Å². The maximum atomic E-state index is 11.9. The molecule has 0 aromatic heterocycles. The molecule has 17 heavy (non-hydrogen) atoms. The van der Waals surface area contributed by atoms with Crippen LogP contribution in [0.1, 0.15) is 51.4 Å². The van der Waals surface area contributed by atoms with Gasteiger partial charge in [0.15, 0.2) is 0 Å². The van der Waals surface area contributed by atoms with Crippen LogP contribution < -0.4 is 5.32 Å². The minimum Gasteiger partial charge on any atom is -0.353 e. The van der Waals surface area contributed by atoms with Gasteiger partial charge in [0.05, 0.1) is 0 Å². The number of amides is 1. The number of nitrogens with one attached hydrogen (secondary N) is 1. The number of likely N-dealkylation sites (tertiary alicyclic amines) is 1. The molecule has 3 nitrogen and oxygen atoms in total. The maximum absolute atomic E-state index is 11.9. The Labute approximate surface area is 105 Å². The lowest BCUT2D eigenvalue weighted by atomic mass is 9.92. The highest BCUT2D eigenvalue weighted by molar-refractivity contribution is 5.76. The molecule has 0 aromatic carbocycles. The van der Waals surface area contributed by atoms with Crippen molar-refractivity contribution in [1.82, 2.24) is 10.2 Å². The van der Waals surface area contributed by atoms with Crippen LogP contribution in [-0.4, -0.2) is 37.0 Å². The molecule has 98 valence electrons. The Hall–Kier alpha value is -0.570. The van der Waals surface area contributed by atoms with Gasteiger partial charge in [-0.1, -0.05) is 19.3 Å². The Morgan fingerprint density at radius 2 is 1.76 bits per heavy atom. The van der Waals surface area contributed by atoms with Crippen molar-refractivity contribution in [3.63, 3.8) is 0 Å². The molecule has 1 N–H and O–H groups in total. The van der Waals surface area contributed by atoms with Gasteiger partial charge in [0, 0.05) is 12.5 Å². The molecule has 0 bridgehead atoms. The maximum Gasteiger partial charge on any atom is 0.220 e. The number of hydrogen-bond donors (Lipinski definition) is 1. The molecule has 1 heterocycles. The second-order valence-electron chi connectivity index (χ2n) is 5.85. The van der Waals surface area contributed by atoms with Gasteiger partial charge >= 0.3 is 0 Å². The lowest BCUT2D eigenvalue weighted by molar-refractivity contribution is -0.123. The van der Waals surface area contributed by atoms with E-state index in [1.54, 1.807) is 0 Å². The number of piperidine rings is 1. The van der Waals surface area contributed by atoms with Crippen LogP contribution in [0.2, 0.25) is 0 Å². The summed E-state index contributed by atoms with van der Waals surface area (Å²) in [6.07, 6.45) is 9.45. The van der Waals surface area contributed by atoms with E-state index in [1.165, 1.54) is 44.9 Å². The molecule has 0 unspecified atom stereocenters. The van der Waals surface area contributed by atoms with Crippen LogP contribution in [0, 0.1) is 5.92 Å². The summed E-state index contributed by atoms with van der Waals surface area (Å²) in [6.45, 7) is 2.31. The third-order valence-corrected chi connectivity index (χ3v) is 4.28. The third kappa shape index (κ3) is 4.30. The molecule has 0 atom stereocenters. The number of carbonyl (C=O) groups is 1. The van der Waals surface area contributed by atoms with Gasteiger partial charge in [-0.15, -0.1) is 0 Å². The first-order valence-electron chi connectivity index (χ1n) is 7.22. The van der Waals surface area contributed by atoms with Gasteiger partial charge in [0.1, 0.15) is 0 Å². The smallest absolute Gasteiger partial charge is 0.220 e. The first-order chi connectivity index (χ1) is 8.24. The molecular weight excluding hydrogens is 212 g/mol. The standard InChI is InChI=1S/C14H26N2O/c1-16-9-7-12(8-10-16)11-14(17)15-13-5-3-2-4-6-13/h12-13H,2-11H2,1H3,(H,15,17). The lowest BCUT2D eigenvalue weighted by Crippen LogP contribution is -2.38. The summed E-state index contributed by atoms with van der Waals surface area (Å²) in [6, 6.07) is 0.475. The summed E-state index contributed by atoms with van der Waals surface area (Å²) < 4.78 is 0. The molecule has 1 saturated carbocycles. The van der Waals surface area contributed by atoms with E-state index in [4.69, 9.17) is 0 Å². The molecule has 1 amide bonds. The normalized spacial score (nSPS) is 24.8. The van der Waals surface area contributed by atoms with Crippen molar-refractivity contribution in [3.8, 4) is 0 Å². The van der Waals surface area contributed by atoms with E-state index < -0.39 is 0 Å². The average Bonchev–Trinajstić information content (AvgIpc) is 2.33. The lowest BCUT2D eigenvalue weighted by Gasteiger charge is -2.29. The van der Waals surface area contributed by atoms with Crippen LogP contribution >= 0.6 is 0 Å².